The maximum Gasteiger partial charge on any atom is 0.303 e. The Labute approximate surface area is 137 Å². The van der Waals surface area contributed by atoms with Gasteiger partial charge in [-0.1, -0.05) is 12.1 Å². The van der Waals surface area contributed by atoms with E-state index in [1.807, 2.05) is 36.7 Å². The summed E-state index contributed by atoms with van der Waals surface area (Å²) in [6.45, 7) is 0.635. The predicted molar refractivity (Wildman–Crippen MR) is 89.7 cm³/mol. The van der Waals surface area contributed by atoms with Crippen LogP contribution in [0.4, 0.5) is 0 Å². The van der Waals surface area contributed by atoms with Gasteiger partial charge in [-0.3, -0.25) is 9.78 Å². The number of aromatic nitrogens is 1. The normalized spacial score (nSPS) is 10.4. The Morgan fingerprint density at radius 1 is 0.913 bits per heavy atom. The van der Waals surface area contributed by atoms with Crippen molar-refractivity contribution in [1.29, 1.82) is 0 Å². The molecule has 1 heterocycles. The van der Waals surface area contributed by atoms with Gasteiger partial charge in [0.15, 0.2) is 0 Å². The van der Waals surface area contributed by atoms with Crippen molar-refractivity contribution in [2.45, 2.75) is 38.5 Å². The van der Waals surface area contributed by atoms with E-state index in [1.54, 1.807) is 0 Å². The van der Waals surface area contributed by atoms with Gasteiger partial charge in [-0.15, -0.1) is 0 Å². The Morgan fingerprint density at radius 3 is 2.22 bits per heavy atom. The summed E-state index contributed by atoms with van der Waals surface area (Å²) in [5.41, 5.74) is 2.58. The van der Waals surface area contributed by atoms with E-state index in [9.17, 15) is 4.79 Å². The second-order valence-corrected chi connectivity index (χ2v) is 5.55. The van der Waals surface area contributed by atoms with Gasteiger partial charge in [-0.25, -0.2) is 0 Å². The summed E-state index contributed by atoms with van der Waals surface area (Å²) >= 11 is 0. The van der Waals surface area contributed by atoms with Crippen molar-refractivity contribution >= 4 is 5.97 Å². The summed E-state index contributed by atoms with van der Waals surface area (Å²) in [5, 5.41) is 8.56. The highest BCUT2D eigenvalue weighted by atomic mass is 16.5. The van der Waals surface area contributed by atoms with Crippen molar-refractivity contribution in [2.75, 3.05) is 6.61 Å². The van der Waals surface area contributed by atoms with Gasteiger partial charge >= 0.3 is 5.97 Å². The molecule has 122 valence electrons. The number of carbonyl (C=O) groups is 1. The average molecular weight is 313 g/mol. The summed E-state index contributed by atoms with van der Waals surface area (Å²) < 4.78 is 5.68. The van der Waals surface area contributed by atoms with Gasteiger partial charge in [0.05, 0.1) is 6.61 Å². The highest BCUT2D eigenvalue weighted by Gasteiger charge is 1.99. The number of pyridine rings is 1. The van der Waals surface area contributed by atoms with Crippen LogP contribution in [0.2, 0.25) is 0 Å². The molecule has 0 spiro atoms. The molecular formula is C19H23NO3. The Morgan fingerprint density at radius 2 is 1.57 bits per heavy atom. The van der Waals surface area contributed by atoms with Gasteiger partial charge in [-0.05, 0) is 67.5 Å². The summed E-state index contributed by atoms with van der Waals surface area (Å²) in [7, 11) is 0. The summed E-state index contributed by atoms with van der Waals surface area (Å²) in [5.74, 6) is 0.143. The maximum atomic E-state index is 10.4. The highest BCUT2D eigenvalue weighted by Crippen LogP contribution is 2.14. The van der Waals surface area contributed by atoms with E-state index in [-0.39, 0.29) is 6.42 Å². The second kappa shape index (κ2) is 9.62. The first-order chi connectivity index (χ1) is 11.2. The molecule has 0 aliphatic carbocycles. The van der Waals surface area contributed by atoms with Crippen LogP contribution in [0.3, 0.4) is 0 Å². The molecule has 0 unspecified atom stereocenters. The van der Waals surface area contributed by atoms with Crippen LogP contribution in [0.1, 0.15) is 36.8 Å². The lowest BCUT2D eigenvalue weighted by molar-refractivity contribution is -0.137. The predicted octanol–water partition coefficient (Wildman–Crippen LogP) is 3.89. The van der Waals surface area contributed by atoms with Gasteiger partial charge in [0.2, 0.25) is 0 Å². The third-order valence-electron chi connectivity index (χ3n) is 3.68. The number of hydrogen-bond donors (Lipinski definition) is 1. The number of benzene rings is 1. The Balaban J connectivity index is 1.65. The molecule has 2 aromatic rings. The summed E-state index contributed by atoms with van der Waals surface area (Å²) in [6, 6.07) is 12.3. The number of aliphatic carboxylic acids is 1. The number of nitrogens with zero attached hydrogens (tertiary/aromatic N) is 1. The largest absolute Gasteiger partial charge is 0.494 e. The fourth-order valence-corrected chi connectivity index (χ4v) is 2.34. The second-order valence-electron chi connectivity index (χ2n) is 5.55. The monoisotopic (exact) mass is 313 g/mol. The van der Waals surface area contributed by atoms with Crippen LogP contribution < -0.4 is 4.74 Å². The van der Waals surface area contributed by atoms with Gasteiger partial charge < -0.3 is 9.84 Å². The van der Waals surface area contributed by atoms with Crippen LogP contribution >= 0.6 is 0 Å². The molecule has 0 aliphatic rings. The number of hydrogen-bond acceptors (Lipinski definition) is 3. The number of aryl methyl sites for hydroxylation is 2. The Kier molecular flexibility index (Phi) is 7.11. The number of carboxylic acid groups (broad SMARTS) is 1. The lowest BCUT2D eigenvalue weighted by atomic mass is 10.1. The van der Waals surface area contributed by atoms with Crippen LogP contribution in [0.25, 0.3) is 0 Å². The standard InChI is InChI=1S/C19H23NO3/c21-19(22)4-2-1-3-15-23-18-9-7-16(8-10-18)5-6-17-11-13-20-14-12-17/h7-14H,1-6,15H2,(H,21,22). The zero-order valence-electron chi connectivity index (χ0n) is 13.3. The van der Waals surface area contributed by atoms with E-state index in [0.717, 1.165) is 31.4 Å². The van der Waals surface area contributed by atoms with Crippen molar-refractivity contribution in [3.63, 3.8) is 0 Å². The van der Waals surface area contributed by atoms with Crippen LogP contribution in [0, 0.1) is 0 Å². The molecule has 0 fully saturated rings. The fourth-order valence-electron chi connectivity index (χ4n) is 2.34. The zero-order valence-corrected chi connectivity index (χ0v) is 13.3. The maximum absolute atomic E-state index is 10.4. The van der Waals surface area contributed by atoms with Crippen molar-refractivity contribution < 1.29 is 14.6 Å². The van der Waals surface area contributed by atoms with E-state index in [1.165, 1.54) is 11.1 Å². The molecule has 1 aromatic heterocycles. The van der Waals surface area contributed by atoms with E-state index >= 15 is 0 Å². The molecule has 0 radical (unpaired) electrons. The minimum Gasteiger partial charge on any atom is -0.494 e. The average Bonchev–Trinajstić information content (AvgIpc) is 2.58. The molecule has 0 amide bonds. The van der Waals surface area contributed by atoms with Gasteiger partial charge in [0.25, 0.3) is 0 Å². The SMILES string of the molecule is O=C(O)CCCCCOc1ccc(CCc2ccncc2)cc1. The third-order valence-corrected chi connectivity index (χ3v) is 3.68. The first-order valence-electron chi connectivity index (χ1n) is 8.06. The molecular weight excluding hydrogens is 290 g/mol. The topological polar surface area (TPSA) is 59.4 Å². The molecule has 4 nitrogen and oxygen atoms in total. The van der Waals surface area contributed by atoms with E-state index in [0.29, 0.717) is 13.0 Å². The molecule has 23 heavy (non-hydrogen) atoms. The third kappa shape index (κ3) is 6.96. The quantitative estimate of drug-likeness (QED) is 0.676. The van der Waals surface area contributed by atoms with E-state index in [4.69, 9.17) is 9.84 Å². The van der Waals surface area contributed by atoms with Crippen molar-refractivity contribution in [3.8, 4) is 5.75 Å². The molecule has 0 atom stereocenters. The van der Waals surface area contributed by atoms with Crippen molar-refractivity contribution in [1.82, 2.24) is 4.98 Å². The molecule has 0 aliphatic heterocycles. The van der Waals surface area contributed by atoms with Crippen molar-refractivity contribution in [2.24, 2.45) is 0 Å². The minimum absolute atomic E-state index is 0.242. The van der Waals surface area contributed by atoms with Crippen LogP contribution in [-0.4, -0.2) is 22.7 Å². The Bertz CT molecular complexity index is 581. The first-order valence-corrected chi connectivity index (χ1v) is 8.06. The van der Waals surface area contributed by atoms with E-state index in [2.05, 4.69) is 17.1 Å². The fraction of sp³-hybridized carbons (Fsp3) is 0.368. The minimum atomic E-state index is -0.728. The molecule has 0 bridgehead atoms. The first kappa shape index (κ1) is 17.0. The molecule has 1 aromatic carbocycles. The zero-order chi connectivity index (χ0) is 16.3. The van der Waals surface area contributed by atoms with Crippen LogP contribution in [-0.2, 0) is 17.6 Å². The lowest BCUT2D eigenvalue weighted by Crippen LogP contribution is -1.99. The number of unbranched alkanes of at least 4 members (excludes halogenated alkanes) is 2. The molecule has 2 rings (SSSR count). The van der Waals surface area contributed by atoms with Crippen LogP contribution in [0.15, 0.2) is 48.8 Å². The molecule has 0 saturated heterocycles. The van der Waals surface area contributed by atoms with Gasteiger partial charge in [0.1, 0.15) is 5.75 Å². The molecule has 0 saturated carbocycles. The summed E-state index contributed by atoms with van der Waals surface area (Å²) in [6.07, 6.45) is 8.38. The van der Waals surface area contributed by atoms with Crippen molar-refractivity contribution in [3.05, 3.63) is 59.9 Å². The highest BCUT2D eigenvalue weighted by molar-refractivity contribution is 5.66. The van der Waals surface area contributed by atoms with Gasteiger partial charge in [0, 0.05) is 18.8 Å². The van der Waals surface area contributed by atoms with Gasteiger partial charge in [-0.2, -0.15) is 0 Å². The Hall–Kier alpha value is -2.36. The lowest BCUT2D eigenvalue weighted by Gasteiger charge is -2.07. The number of ether oxygens (including phenoxy) is 1. The van der Waals surface area contributed by atoms with E-state index < -0.39 is 5.97 Å². The van der Waals surface area contributed by atoms with Crippen LogP contribution in [0.5, 0.6) is 5.75 Å². The number of rotatable bonds is 10. The smallest absolute Gasteiger partial charge is 0.303 e. The molecule has 1 N–H and O–H groups in total. The number of carboxylic acids is 1. The summed E-state index contributed by atoms with van der Waals surface area (Å²) in [4.78, 5) is 14.4. The molecule has 4 heteroatoms.